The number of amides is 1. The first-order chi connectivity index (χ1) is 9.63. The lowest BCUT2D eigenvalue weighted by Crippen LogP contribution is -2.44. The molecule has 106 valence electrons. The van der Waals surface area contributed by atoms with Crippen molar-refractivity contribution in [3.05, 3.63) is 23.4 Å². The van der Waals surface area contributed by atoms with Crippen LogP contribution >= 0.6 is 0 Å². The fourth-order valence-corrected chi connectivity index (χ4v) is 2.46. The fraction of sp³-hybridized carbons (Fsp3) is 0.533. The number of nitriles is 1. The average molecular weight is 272 g/mol. The summed E-state index contributed by atoms with van der Waals surface area (Å²) in [6.07, 6.45) is 5.00. The number of hydrogen-bond donors (Lipinski definition) is 1. The quantitative estimate of drug-likeness (QED) is 0.914. The molecule has 2 rings (SSSR count). The van der Waals surface area contributed by atoms with Crippen molar-refractivity contribution >= 4 is 11.7 Å². The third kappa shape index (κ3) is 3.08. The molecule has 0 aliphatic carbocycles. The lowest BCUT2D eigenvalue weighted by atomic mass is 10.1. The van der Waals surface area contributed by atoms with Crippen molar-refractivity contribution in [1.29, 1.82) is 5.26 Å². The first-order valence-electron chi connectivity index (χ1n) is 7.04. The van der Waals surface area contributed by atoms with Gasteiger partial charge < -0.3 is 10.2 Å². The van der Waals surface area contributed by atoms with Crippen LogP contribution in [0.2, 0.25) is 0 Å². The predicted octanol–water partition coefficient (Wildman–Crippen LogP) is 2.07. The molecule has 0 spiro atoms. The van der Waals surface area contributed by atoms with Gasteiger partial charge in [0.25, 0.3) is 0 Å². The molecule has 1 fully saturated rings. The van der Waals surface area contributed by atoms with Crippen molar-refractivity contribution in [1.82, 2.24) is 9.88 Å². The molecule has 5 nitrogen and oxygen atoms in total. The lowest BCUT2D eigenvalue weighted by molar-refractivity contribution is -0.132. The van der Waals surface area contributed by atoms with Gasteiger partial charge in [0, 0.05) is 19.3 Å². The number of rotatable bonds is 3. The van der Waals surface area contributed by atoms with Gasteiger partial charge in [-0.1, -0.05) is 0 Å². The highest BCUT2D eigenvalue weighted by Gasteiger charge is 2.23. The number of aryl methyl sites for hydroxylation is 1. The summed E-state index contributed by atoms with van der Waals surface area (Å²) in [5, 5.41) is 12.2. The Hall–Kier alpha value is -2.09. The molecule has 0 aromatic carbocycles. The summed E-state index contributed by atoms with van der Waals surface area (Å²) in [5.74, 6) is 0.572. The van der Waals surface area contributed by atoms with E-state index >= 15 is 0 Å². The zero-order valence-electron chi connectivity index (χ0n) is 12.0. The van der Waals surface area contributed by atoms with Crippen molar-refractivity contribution in [3.8, 4) is 6.07 Å². The van der Waals surface area contributed by atoms with Gasteiger partial charge in [0.05, 0.1) is 5.56 Å². The third-order valence-electron chi connectivity index (χ3n) is 3.66. The number of piperidine rings is 1. The van der Waals surface area contributed by atoms with Crippen LogP contribution in [-0.2, 0) is 4.79 Å². The van der Waals surface area contributed by atoms with Crippen LogP contribution in [0.25, 0.3) is 0 Å². The van der Waals surface area contributed by atoms with E-state index in [9.17, 15) is 10.1 Å². The summed E-state index contributed by atoms with van der Waals surface area (Å²) >= 11 is 0. The first-order valence-corrected chi connectivity index (χ1v) is 7.04. The Kier molecular flexibility index (Phi) is 4.57. The second-order valence-corrected chi connectivity index (χ2v) is 5.22. The summed E-state index contributed by atoms with van der Waals surface area (Å²) in [7, 11) is 0. The number of nitrogens with zero attached hydrogens (tertiary/aromatic N) is 3. The van der Waals surface area contributed by atoms with Crippen LogP contribution in [0.5, 0.6) is 0 Å². The number of anilines is 1. The Balaban J connectivity index is 2.08. The maximum Gasteiger partial charge on any atom is 0.244 e. The molecule has 1 N–H and O–H groups in total. The summed E-state index contributed by atoms with van der Waals surface area (Å²) in [6, 6.07) is 3.56. The topological polar surface area (TPSA) is 69.0 Å². The maximum absolute atomic E-state index is 12.3. The van der Waals surface area contributed by atoms with E-state index in [0.717, 1.165) is 31.5 Å². The van der Waals surface area contributed by atoms with Crippen molar-refractivity contribution in [2.45, 2.75) is 39.2 Å². The molecular formula is C15H20N4O. The number of carbonyl (C=O) groups is 1. The lowest BCUT2D eigenvalue weighted by Gasteiger charge is -2.29. The summed E-state index contributed by atoms with van der Waals surface area (Å²) < 4.78 is 0. The van der Waals surface area contributed by atoms with Crippen LogP contribution < -0.4 is 5.32 Å². The van der Waals surface area contributed by atoms with Crippen molar-refractivity contribution in [3.63, 3.8) is 0 Å². The summed E-state index contributed by atoms with van der Waals surface area (Å²) in [5.41, 5.74) is 1.37. The zero-order chi connectivity index (χ0) is 14.5. The number of carbonyl (C=O) groups excluding carboxylic acids is 1. The van der Waals surface area contributed by atoms with Gasteiger partial charge in [0.1, 0.15) is 17.9 Å². The van der Waals surface area contributed by atoms with Crippen LogP contribution in [0.4, 0.5) is 5.82 Å². The highest BCUT2D eigenvalue weighted by atomic mass is 16.2. The van der Waals surface area contributed by atoms with Gasteiger partial charge in [-0.05, 0) is 44.7 Å². The standard InChI is InChI=1S/C15H20N4O/c1-11-6-7-17-14(13(11)10-16)18-12(2)15(20)19-8-4-3-5-9-19/h6-7,12H,3-5,8-9H2,1-2H3,(H,17,18). The summed E-state index contributed by atoms with van der Waals surface area (Å²) in [6.45, 7) is 5.35. The minimum absolute atomic E-state index is 0.0805. The minimum Gasteiger partial charge on any atom is -0.358 e. The molecule has 5 heteroatoms. The molecule has 2 heterocycles. The third-order valence-corrected chi connectivity index (χ3v) is 3.66. The Morgan fingerprint density at radius 2 is 2.15 bits per heavy atom. The van der Waals surface area contributed by atoms with E-state index in [4.69, 9.17) is 0 Å². The van der Waals surface area contributed by atoms with Gasteiger partial charge >= 0.3 is 0 Å². The molecule has 1 aromatic heterocycles. The molecule has 1 aliphatic heterocycles. The van der Waals surface area contributed by atoms with Crippen molar-refractivity contribution < 1.29 is 4.79 Å². The Bertz CT molecular complexity index is 529. The normalized spacial score (nSPS) is 16.4. The molecule has 1 atom stereocenters. The van der Waals surface area contributed by atoms with Crippen LogP contribution in [0, 0.1) is 18.3 Å². The molecule has 1 saturated heterocycles. The largest absolute Gasteiger partial charge is 0.358 e. The molecule has 20 heavy (non-hydrogen) atoms. The average Bonchev–Trinajstić information content (AvgIpc) is 2.47. The van der Waals surface area contributed by atoms with Gasteiger partial charge in [-0.15, -0.1) is 0 Å². The number of aromatic nitrogens is 1. The number of likely N-dealkylation sites (tertiary alicyclic amines) is 1. The van der Waals surface area contributed by atoms with Gasteiger partial charge in [0.15, 0.2) is 0 Å². The van der Waals surface area contributed by atoms with E-state index in [2.05, 4.69) is 16.4 Å². The molecule has 1 amide bonds. The Morgan fingerprint density at radius 1 is 1.45 bits per heavy atom. The number of pyridine rings is 1. The molecule has 0 radical (unpaired) electrons. The number of nitrogens with one attached hydrogen (secondary N) is 1. The van der Waals surface area contributed by atoms with E-state index in [1.165, 1.54) is 6.42 Å². The second kappa shape index (κ2) is 6.38. The monoisotopic (exact) mass is 272 g/mol. The van der Waals surface area contributed by atoms with Crippen molar-refractivity contribution in [2.75, 3.05) is 18.4 Å². The maximum atomic E-state index is 12.3. The second-order valence-electron chi connectivity index (χ2n) is 5.22. The Morgan fingerprint density at radius 3 is 2.80 bits per heavy atom. The smallest absolute Gasteiger partial charge is 0.244 e. The molecule has 1 unspecified atom stereocenters. The number of hydrogen-bond acceptors (Lipinski definition) is 4. The van der Waals surface area contributed by atoms with Gasteiger partial charge in [-0.3, -0.25) is 4.79 Å². The molecule has 1 aromatic rings. The highest BCUT2D eigenvalue weighted by molar-refractivity contribution is 5.84. The molecule has 1 aliphatic rings. The Labute approximate surface area is 119 Å². The highest BCUT2D eigenvalue weighted by Crippen LogP contribution is 2.17. The molecule has 0 bridgehead atoms. The predicted molar refractivity (Wildman–Crippen MR) is 77.2 cm³/mol. The fourth-order valence-electron chi connectivity index (χ4n) is 2.46. The summed E-state index contributed by atoms with van der Waals surface area (Å²) in [4.78, 5) is 18.4. The van der Waals surface area contributed by atoms with E-state index in [0.29, 0.717) is 11.4 Å². The van der Waals surface area contributed by atoms with E-state index in [1.54, 1.807) is 12.3 Å². The van der Waals surface area contributed by atoms with Crippen LogP contribution in [-0.4, -0.2) is 34.9 Å². The van der Waals surface area contributed by atoms with E-state index in [-0.39, 0.29) is 11.9 Å². The molecular weight excluding hydrogens is 252 g/mol. The van der Waals surface area contributed by atoms with Crippen LogP contribution in [0.15, 0.2) is 12.3 Å². The van der Waals surface area contributed by atoms with Crippen LogP contribution in [0.3, 0.4) is 0 Å². The molecule has 0 saturated carbocycles. The SMILES string of the molecule is Cc1ccnc(NC(C)C(=O)N2CCCCC2)c1C#N. The van der Waals surface area contributed by atoms with Gasteiger partial charge in [0.2, 0.25) is 5.91 Å². The van der Waals surface area contributed by atoms with Gasteiger partial charge in [-0.25, -0.2) is 4.98 Å². The first kappa shape index (κ1) is 14.3. The minimum atomic E-state index is -0.366. The van der Waals surface area contributed by atoms with E-state index < -0.39 is 0 Å². The van der Waals surface area contributed by atoms with E-state index in [1.807, 2.05) is 18.7 Å². The van der Waals surface area contributed by atoms with Crippen molar-refractivity contribution in [2.24, 2.45) is 0 Å². The zero-order valence-corrected chi connectivity index (χ0v) is 12.0. The van der Waals surface area contributed by atoms with Gasteiger partial charge in [-0.2, -0.15) is 5.26 Å². The van der Waals surface area contributed by atoms with Crippen LogP contribution in [0.1, 0.15) is 37.3 Å².